The number of benzene rings is 2. The van der Waals surface area contributed by atoms with Crippen LogP contribution in [0, 0.1) is 0 Å². The fraction of sp³-hybridized carbons (Fsp3) is 0.333. The fourth-order valence-corrected chi connectivity index (χ4v) is 6.26. The maximum Gasteiger partial charge on any atom is 0.358 e. The molecule has 9 nitrogen and oxygen atoms in total. The van der Waals surface area contributed by atoms with E-state index in [1.165, 1.54) is 25.6 Å². The molecular formula is C30H33N3O6S. The topological polar surface area (TPSA) is 116 Å². The van der Waals surface area contributed by atoms with Crippen molar-refractivity contribution >= 4 is 34.4 Å². The van der Waals surface area contributed by atoms with E-state index < -0.39 is 35.4 Å². The quantitative estimate of drug-likeness (QED) is 0.288. The molecule has 210 valence electrons. The van der Waals surface area contributed by atoms with Gasteiger partial charge in [0, 0.05) is 17.0 Å². The number of nitrogens with zero attached hydrogens (tertiary/aromatic N) is 1. The molecular weight excluding hydrogens is 530 g/mol. The monoisotopic (exact) mass is 563 g/mol. The lowest BCUT2D eigenvalue weighted by Gasteiger charge is -2.47. The van der Waals surface area contributed by atoms with E-state index in [0.717, 1.165) is 5.56 Å². The van der Waals surface area contributed by atoms with Crippen molar-refractivity contribution in [3.63, 3.8) is 0 Å². The van der Waals surface area contributed by atoms with Gasteiger partial charge < -0.3 is 24.8 Å². The van der Waals surface area contributed by atoms with Gasteiger partial charge in [-0.1, -0.05) is 60.7 Å². The molecule has 4 rings (SSSR count). The minimum absolute atomic E-state index is 0.172. The molecule has 3 unspecified atom stereocenters. The minimum atomic E-state index is -1.53. The molecule has 2 heterocycles. The Balaban J connectivity index is 1.90. The third-order valence-corrected chi connectivity index (χ3v) is 7.98. The van der Waals surface area contributed by atoms with E-state index in [1.54, 1.807) is 13.8 Å². The standard InChI is InChI=1S/C30H33N3O6S/c1-6-39-27(35)25-22(17-20-13-9-7-10-14-20)40-29(32-25)33-30(28(36)38-5)19(3)31-18(2)23(26(34)37-4)24(30)21-15-11-8-12-16-21/h7-16,19,24,31H,6,17H2,1-5H3,(H,32,33). The van der Waals surface area contributed by atoms with Crippen molar-refractivity contribution in [1.29, 1.82) is 0 Å². The molecule has 0 saturated carbocycles. The third-order valence-electron chi connectivity index (χ3n) is 7.01. The van der Waals surface area contributed by atoms with Crippen molar-refractivity contribution in [3.8, 4) is 0 Å². The Hall–Kier alpha value is -4.18. The summed E-state index contributed by atoms with van der Waals surface area (Å²) in [5, 5.41) is 6.93. The second-order valence-electron chi connectivity index (χ2n) is 9.40. The van der Waals surface area contributed by atoms with Gasteiger partial charge in [0.2, 0.25) is 0 Å². The van der Waals surface area contributed by atoms with Gasteiger partial charge in [0.05, 0.1) is 38.4 Å². The Labute approximate surface area is 237 Å². The van der Waals surface area contributed by atoms with E-state index in [1.807, 2.05) is 67.6 Å². The number of esters is 3. The third kappa shape index (κ3) is 5.44. The van der Waals surface area contributed by atoms with E-state index in [0.29, 0.717) is 27.7 Å². The molecule has 0 spiro atoms. The van der Waals surface area contributed by atoms with Crippen LogP contribution in [0.4, 0.5) is 5.13 Å². The average Bonchev–Trinajstić information content (AvgIpc) is 3.36. The summed E-state index contributed by atoms with van der Waals surface area (Å²) in [6.07, 6.45) is 0.446. The van der Waals surface area contributed by atoms with Crippen molar-refractivity contribution in [3.05, 3.63) is 93.6 Å². The molecule has 0 saturated heterocycles. The molecule has 10 heteroatoms. The Morgan fingerprint density at radius 2 is 1.65 bits per heavy atom. The number of ether oxygens (including phenoxy) is 3. The van der Waals surface area contributed by atoms with Gasteiger partial charge in [-0.2, -0.15) is 0 Å². The number of methoxy groups -OCH3 is 2. The van der Waals surface area contributed by atoms with Crippen molar-refractivity contribution in [2.24, 2.45) is 0 Å². The Bertz CT molecular complexity index is 1410. The summed E-state index contributed by atoms with van der Waals surface area (Å²) in [5.74, 6) is -2.53. The zero-order valence-electron chi connectivity index (χ0n) is 23.1. The molecule has 1 aromatic heterocycles. The lowest BCUT2D eigenvalue weighted by Crippen LogP contribution is -2.66. The Morgan fingerprint density at radius 1 is 1.00 bits per heavy atom. The highest BCUT2D eigenvalue weighted by molar-refractivity contribution is 7.16. The lowest BCUT2D eigenvalue weighted by atomic mass is 9.68. The second kappa shape index (κ2) is 12.3. The predicted molar refractivity (Wildman–Crippen MR) is 152 cm³/mol. The SMILES string of the molecule is CCOC(=O)c1nc(NC2(C(=O)OC)C(C)NC(C)=C(C(=O)OC)C2c2ccccc2)sc1Cc1ccccc1. The van der Waals surface area contributed by atoms with Gasteiger partial charge in [-0.15, -0.1) is 11.3 Å². The molecule has 2 N–H and O–H groups in total. The first-order chi connectivity index (χ1) is 19.3. The molecule has 0 fully saturated rings. The second-order valence-corrected chi connectivity index (χ2v) is 10.5. The average molecular weight is 564 g/mol. The smallest absolute Gasteiger partial charge is 0.358 e. The number of hydrogen-bond acceptors (Lipinski definition) is 10. The highest BCUT2D eigenvalue weighted by atomic mass is 32.1. The number of allylic oxidation sites excluding steroid dienone is 1. The highest BCUT2D eigenvalue weighted by Gasteiger charge is 2.58. The van der Waals surface area contributed by atoms with E-state index in [9.17, 15) is 14.4 Å². The molecule has 1 aliphatic rings. The number of anilines is 1. The van der Waals surface area contributed by atoms with Gasteiger partial charge in [0.15, 0.2) is 16.4 Å². The van der Waals surface area contributed by atoms with Crippen LogP contribution in [0.2, 0.25) is 0 Å². The first-order valence-electron chi connectivity index (χ1n) is 12.9. The molecule has 3 aromatic rings. The van der Waals surface area contributed by atoms with Crippen LogP contribution in [0.15, 0.2) is 71.9 Å². The lowest BCUT2D eigenvalue weighted by molar-refractivity contribution is -0.148. The zero-order chi connectivity index (χ0) is 28.9. The first-order valence-corrected chi connectivity index (χ1v) is 13.8. The van der Waals surface area contributed by atoms with Gasteiger partial charge in [-0.25, -0.2) is 19.4 Å². The molecule has 0 bridgehead atoms. The van der Waals surface area contributed by atoms with E-state index in [4.69, 9.17) is 14.2 Å². The van der Waals surface area contributed by atoms with Crippen molar-refractivity contribution in [2.75, 3.05) is 26.1 Å². The van der Waals surface area contributed by atoms with Crippen LogP contribution in [0.25, 0.3) is 0 Å². The number of rotatable bonds is 9. The molecule has 3 atom stereocenters. The molecule has 1 aliphatic heterocycles. The number of carbonyl (C=O) groups is 3. The summed E-state index contributed by atoms with van der Waals surface area (Å²) >= 11 is 1.25. The maximum absolute atomic E-state index is 13.9. The molecule has 0 radical (unpaired) electrons. The minimum Gasteiger partial charge on any atom is -0.467 e. The number of aromatic nitrogens is 1. The normalized spacial score (nSPS) is 20.3. The van der Waals surface area contributed by atoms with E-state index in [2.05, 4.69) is 15.6 Å². The largest absolute Gasteiger partial charge is 0.467 e. The van der Waals surface area contributed by atoms with Crippen LogP contribution in [0.5, 0.6) is 0 Å². The summed E-state index contributed by atoms with van der Waals surface area (Å²) in [7, 11) is 2.61. The van der Waals surface area contributed by atoms with Crippen LogP contribution in [0.3, 0.4) is 0 Å². The summed E-state index contributed by atoms with van der Waals surface area (Å²) in [6.45, 7) is 5.54. The van der Waals surface area contributed by atoms with Crippen LogP contribution in [-0.2, 0) is 30.2 Å². The number of carbonyl (C=O) groups excluding carboxylic acids is 3. The van der Waals surface area contributed by atoms with Crippen molar-refractivity contribution in [1.82, 2.24) is 10.3 Å². The van der Waals surface area contributed by atoms with E-state index >= 15 is 0 Å². The van der Waals surface area contributed by atoms with Gasteiger partial charge >= 0.3 is 17.9 Å². The number of hydrogen-bond donors (Lipinski definition) is 2. The van der Waals surface area contributed by atoms with E-state index in [-0.39, 0.29) is 17.9 Å². The van der Waals surface area contributed by atoms with Crippen LogP contribution in [0.1, 0.15) is 53.2 Å². The van der Waals surface area contributed by atoms with Crippen LogP contribution in [-0.4, -0.2) is 55.3 Å². The summed E-state index contributed by atoms with van der Waals surface area (Å²) in [5.41, 5.74) is 1.22. The van der Waals surface area contributed by atoms with Gasteiger partial charge in [-0.3, -0.25) is 0 Å². The zero-order valence-corrected chi connectivity index (χ0v) is 24.0. The summed E-state index contributed by atoms with van der Waals surface area (Å²) < 4.78 is 15.8. The van der Waals surface area contributed by atoms with Gasteiger partial charge in [0.1, 0.15) is 0 Å². The summed E-state index contributed by atoms with van der Waals surface area (Å²) in [4.78, 5) is 45.2. The highest BCUT2D eigenvalue weighted by Crippen LogP contribution is 2.45. The molecule has 0 aliphatic carbocycles. The van der Waals surface area contributed by atoms with Gasteiger partial charge in [0.25, 0.3) is 0 Å². The Kier molecular flexibility index (Phi) is 8.89. The van der Waals surface area contributed by atoms with Crippen LogP contribution >= 0.6 is 11.3 Å². The molecule has 2 aromatic carbocycles. The molecule has 0 amide bonds. The van der Waals surface area contributed by atoms with Crippen molar-refractivity contribution in [2.45, 2.75) is 44.7 Å². The van der Waals surface area contributed by atoms with Crippen LogP contribution < -0.4 is 10.6 Å². The first kappa shape index (κ1) is 28.8. The number of thiazole rings is 1. The fourth-order valence-electron chi connectivity index (χ4n) is 5.20. The number of nitrogens with one attached hydrogen (secondary N) is 2. The van der Waals surface area contributed by atoms with Gasteiger partial charge in [-0.05, 0) is 31.9 Å². The maximum atomic E-state index is 13.9. The van der Waals surface area contributed by atoms with Crippen molar-refractivity contribution < 1.29 is 28.6 Å². The molecule has 40 heavy (non-hydrogen) atoms. The predicted octanol–water partition coefficient (Wildman–Crippen LogP) is 4.46. The Morgan fingerprint density at radius 3 is 2.25 bits per heavy atom. The summed E-state index contributed by atoms with van der Waals surface area (Å²) in [6, 6.07) is 18.4.